The number of aryl methyl sites for hydroxylation is 1. The number of hydrogen-bond donors (Lipinski definition) is 1. The van der Waals surface area contributed by atoms with E-state index < -0.39 is 15.8 Å². The molecule has 0 radical (unpaired) electrons. The Balaban J connectivity index is 2.59. The van der Waals surface area contributed by atoms with Crippen LogP contribution in [0, 0.1) is 6.92 Å². The first kappa shape index (κ1) is 10.2. The van der Waals surface area contributed by atoms with Gasteiger partial charge in [-0.25, -0.2) is 13.2 Å². The Morgan fingerprint density at radius 2 is 1.80 bits per heavy atom. The molecule has 0 aliphatic carbocycles. The van der Waals surface area contributed by atoms with Crippen LogP contribution in [-0.2, 0) is 21.3 Å². The molecule has 1 heterocycles. The smallest absolute Gasteiger partial charge is 0.335 e. The number of carboxylic acids is 1. The number of hydrogen-bond acceptors (Lipinski definition) is 3. The Labute approximate surface area is 87.5 Å². The van der Waals surface area contributed by atoms with E-state index in [-0.39, 0.29) is 17.1 Å². The number of benzene rings is 1. The second-order valence-corrected chi connectivity index (χ2v) is 5.84. The van der Waals surface area contributed by atoms with E-state index in [0.29, 0.717) is 11.1 Å². The maximum atomic E-state index is 11.3. The van der Waals surface area contributed by atoms with Gasteiger partial charge in [-0.15, -0.1) is 0 Å². The predicted molar refractivity (Wildman–Crippen MR) is 54.5 cm³/mol. The van der Waals surface area contributed by atoms with Gasteiger partial charge in [0, 0.05) is 0 Å². The molecular weight excluding hydrogens is 216 g/mol. The van der Waals surface area contributed by atoms with E-state index in [0.717, 1.165) is 5.56 Å². The van der Waals surface area contributed by atoms with E-state index in [1.165, 1.54) is 6.07 Å². The summed E-state index contributed by atoms with van der Waals surface area (Å²) in [5.74, 6) is -1.02. The molecule has 0 unspecified atom stereocenters. The van der Waals surface area contributed by atoms with E-state index in [9.17, 15) is 13.2 Å². The number of sulfone groups is 1. The molecular formula is C10H10O4S. The molecule has 15 heavy (non-hydrogen) atoms. The zero-order valence-corrected chi connectivity index (χ0v) is 8.97. The van der Waals surface area contributed by atoms with Crippen LogP contribution >= 0.6 is 0 Å². The molecule has 1 aliphatic rings. The Kier molecular flexibility index (Phi) is 2.08. The molecule has 0 atom stereocenters. The first-order valence-electron chi connectivity index (χ1n) is 4.45. The number of fused-ring (bicyclic) bond motifs is 1. The van der Waals surface area contributed by atoms with Gasteiger partial charge in [-0.1, -0.05) is 6.07 Å². The molecule has 1 N–H and O–H groups in total. The second-order valence-electron chi connectivity index (χ2n) is 3.77. The van der Waals surface area contributed by atoms with Crippen LogP contribution in [0.15, 0.2) is 12.1 Å². The maximum Gasteiger partial charge on any atom is 0.335 e. The minimum Gasteiger partial charge on any atom is -0.478 e. The van der Waals surface area contributed by atoms with Crippen molar-refractivity contribution in [1.29, 1.82) is 0 Å². The van der Waals surface area contributed by atoms with Crippen molar-refractivity contribution < 1.29 is 18.3 Å². The Morgan fingerprint density at radius 3 is 2.33 bits per heavy atom. The molecule has 5 heteroatoms. The van der Waals surface area contributed by atoms with Crippen LogP contribution in [-0.4, -0.2) is 19.5 Å². The lowest BCUT2D eigenvalue weighted by Gasteiger charge is -2.03. The molecule has 80 valence electrons. The summed E-state index contributed by atoms with van der Waals surface area (Å²) in [6.07, 6.45) is 0. The summed E-state index contributed by atoms with van der Waals surface area (Å²) in [4.78, 5) is 10.8. The van der Waals surface area contributed by atoms with E-state index in [1.807, 2.05) is 0 Å². The van der Waals surface area contributed by atoms with Crippen LogP contribution in [0.3, 0.4) is 0 Å². The summed E-state index contributed by atoms with van der Waals surface area (Å²) >= 11 is 0. The molecule has 0 spiro atoms. The van der Waals surface area contributed by atoms with E-state index in [1.54, 1.807) is 13.0 Å². The first-order valence-corrected chi connectivity index (χ1v) is 6.27. The second kappa shape index (κ2) is 3.06. The molecule has 1 aliphatic heterocycles. The molecule has 0 aromatic heterocycles. The minimum absolute atomic E-state index is 0.0308. The fourth-order valence-corrected chi connectivity index (χ4v) is 3.42. The monoisotopic (exact) mass is 226 g/mol. The third-order valence-electron chi connectivity index (χ3n) is 2.53. The van der Waals surface area contributed by atoms with Crippen molar-refractivity contribution in [2.24, 2.45) is 0 Å². The van der Waals surface area contributed by atoms with Gasteiger partial charge in [-0.05, 0) is 29.7 Å². The molecule has 1 aromatic carbocycles. The zero-order valence-electron chi connectivity index (χ0n) is 8.15. The number of carboxylic acid groups (broad SMARTS) is 1. The molecule has 0 bridgehead atoms. The number of rotatable bonds is 1. The van der Waals surface area contributed by atoms with Gasteiger partial charge in [0.05, 0.1) is 17.1 Å². The zero-order chi connectivity index (χ0) is 11.2. The Bertz CT molecular complexity index is 543. The van der Waals surface area contributed by atoms with Crippen molar-refractivity contribution in [3.8, 4) is 0 Å². The van der Waals surface area contributed by atoms with Crippen LogP contribution in [0.1, 0.15) is 27.0 Å². The molecule has 0 saturated carbocycles. The van der Waals surface area contributed by atoms with Gasteiger partial charge < -0.3 is 5.11 Å². The van der Waals surface area contributed by atoms with Gasteiger partial charge in [0.1, 0.15) is 0 Å². The fraction of sp³-hybridized carbons (Fsp3) is 0.300. The van der Waals surface area contributed by atoms with E-state index >= 15 is 0 Å². The van der Waals surface area contributed by atoms with Gasteiger partial charge in [0.2, 0.25) is 0 Å². The van der Waals surface area contributed by atoms with Crippen LogP contribution in [0.4, 0.5) is 0 Å². The highest BCUT2D eigenvalue weighted by Gasteiger charge is 2.26. The average molecular weight is 226 g/mol. The van der Waals surface area contributed by atoms with Gasteiger partial charge in [0.15, 0.2) is 9.84 Å². The van der Waals surface area contributed by atoms with E-state index in [2.05, 4.69) is 0 Å². The molecule has 4 nitrogen and oxygen atoms in total. The topological polar surface area (TPSA) is 71.4 Å². The van der Waals surface area contributed by atoms with Crippen LogP contribution < -0.4 is 0 Å². The fourth-order valence-electron chi connectivity index (χ4n) is 1.84. The summed E-state index contributed by atoms with van der Waals surface area (Å²) < 4.78 is 22.7. The summed E-state index contributed by atoms with van der Waals surface area (Å²) in [6.45, 7) is 1.68. The van der Waals surface area contributed by atoms with E-state index in [4.69, 9.17) is 5.11 Å². The maximum absolute atomic E-state index is 11.3. The van der Waals surface area contributed by atoms with Crippen LogP contribution in [0.2, 0.25) is 0 Å². The lowest BCUT2D eigenvalue weighted by molar-refractivity contribution is 0.0696. The first-order chi connectivity index (χ1) is 6.89. The quantitative estimate of drug-likeness (QED) is 0.779. The van der Waals surface area contributed by atoms with Gasteiger partial charge in [-0.3, -0.25) is 0 Å². The molecule has 0 saturated heterocycles. The summed E-state index contributed by atoms with van der Waals surface area (Å²) in [7, 11) is -3.06. The van der Waals surface area contributed by atoms with Crippen LogP contribution in [0.25, 0.3) is 0 Å². The average Bonchev–Trinajstić information content (AvgIpc) is 2.36. The predicted octanol–water partition coefficient (Wildman–Crippen LogP) is 1.12. The highest BCUT2D eigenvalue weighted by Crippen LogP contribution is 2.27. The largest absolute Gasteiger partial charge is 0.478 e. The van der Waals surface area contributed by atoms with Crippen molar-refractivity contribution in [2.75, 3.05) is 0 Å². The van der Waals surface area contributed by atoms with Crippen molar-refractivity contribution in [3.63, 3.8) is 0 Å². The van der Waals surface area contributed by atoms with Crippen molar-refractivity contribution in [2.45, 2.75) is 18.4 Å². The summed E-state index contributed by atoms with van der Waals surface area (Å²) in [5.41, 5.74) is 2.15. The third-order valence-corrected chi connectivity index (χ3v) is 4.03. The van der Waals surface area contributed by atoms with Gasteiger partial charge in [0.25, 0.3) is 0 Å². The highest BCUT2D eigenvalue weighted by atomic mass is 32.2. The van der Waals surface area contributed by atoms with Crippen LogP contribution in [0.5, 0.6) is 0 Å². The van der Waals surface area contributed by atoms with Crippen molar-refractivity contribution in [3.05, 3.63) is 34.4 Å². The van der Waals surface area contributed by atoms with Gasteiger partial charge in [-0.2, -0.15) is 0 Å². The minimum atomic E-state index is -3.06. The SMILES string of the molecule is Cc1cc2c(cc1C(=O)O)CS(=O)(=O)C2. The van der Waals surface area contributed by atoms with Gasteiger partial charge >= 0.3 is 5.97 Å². The summed E-state index contributed by atoms with van der Waals surface area (Å²) in [6, 6.07) is 3.13. The molecule has 1 aromatic rings. The summed E-state index contributed by atoms with van der Waals surface area (Å²) in [5, 5.41) is 8.88. The molecule has 2 rings (SSSR count). The molecule has 0 fully saturated rings. The van der Waals surface area contributed by atoms with Crippen molar-refractivity contribution in [1.82, 2.24) is 0 Å². The standard InChI is InChI=1S/C10H10O4S/c1-6-2-7-4-15(13,14)5-8(7)3-9(6)10(11)12/h2-3H,4-5H2,1H3,(H,11,12). The normalized spacial score (nSPS) is 17.4. The Hall–Kier alpha value is -1.36. The van der Waals surface area contributed by atoms with Crippen molar-refractivity contribution >= 4 is 15.8 Å². The lowest BCUT2D eigenvalue weighted by atomic mass is 10.0. The third kappa shape index (κ3) is 1.74. The highest BCUT2D eigenvalue weighted by molar-refractivity contribution is 7.90. The number of aromatic carboxylic acids is 1. The lowest BCUT2D eigenvalue weighted by Crippen LogP contribution is -2.01. The Morgan fingerprint density at radius 1 is 1.27 bits per heavy atom. The number of carbonyl (C=O) groups is 1. The molecule has 0 amide bonds.